The number of benzene rings is 1. The molecule has 0 radical (unpaired) electrons. The van der Waals surface area contributed by atoms with Crippen LogP contribution in [0.1, 0.15) is 41.6 Å². The van der Waals surface area contributed by atoms with E-state index in [9.17, 15) is 27.6 Å². The number of rotatable bonds is 4. The third-order valence-corrected chi connectivity index (χ3v) is 4.40. The summed E-state index contributed by atoms with van der Waals surface area (Å²) in [5.41, 5.74) is -2.80. The number of nitrogens with one attached hydrogen (secondary N) is 1. The lowest BCUT2D eigenvalue weighted by molar-refractivity contribution is -0.140. The Bertz CT molecular complexity index is 756. The molecular formula is C16H15F3N2O4. The summed E-state index contributed by atoms with van der Waals surface area (Å²) in [6.07, 6.45) is -3.48. The van der Waals surface area contributed by atoms with E-state index in [1.807, 2.05) is 0 Å². The van der Waals surface area contributed by atoms with E-state index in [0.717, 1.165) is 6.07 Å². The first-order valence-corrected chi connectivity index (χ1v) is 7.71. The van der Waals surface area contributed by atoms with Gasteiger partial charge in [0.05, 0.1) is 5.56 Å². The average molecular weight is 356 g/mol. The highest BCUT2D eigenvalue weighted by atomic mass is 19.4. The van der Waals surface area contributed by atoms with Gasteiger partial charge in [-0.25, -0.2) is 4.79 Å². The van der Waals surface area contributed by atoms with Crippen LogP contribution in [0.25, 0.3) is 0 Å². The number of alkyl halides is 3. The normalized spacial score (nSPS) is 19.0. The van der Waals surface area contributed by atoms with Crippen molar-refractivity contribution in [1.82, 2.24) is 5.32 Å². The predicted molar refractivity (Wildman–Crippen MR) is 80.1 cm³/mol. The maximum Gasteiger partial charge on any atom is 0.416 e. The van der Waals surface area contributed by atoms with Gasteiger partial charge in [0, 0.05) is 24.2 Å². The second-order valence-corrected chi connectivity index (χ2v) is 6.26. The molecule has 1 aliphatic heterocycles. The largest absolute Gasteiger partial charge is 0.480 e. The fraction of sp³-hybridized carbons (Fsp3) is 0.438. The summed E-state index contributed by atoms with van der Waals surface area (Å²) in [6.45, 7) is 0.278. The second kappa shape index (κ2) is 5.75. The number of hydrogen-bond acceptors (Lipinski definition) is 3. The van der Waals surface area contributed by atoms with E-state index in [4.69, 9.17) is 5.11 Å². The van der Waals surface area contributed by atoms with Crippen LogP contribution in [0.2, 0.25) is 0 Å². The Hall–Kier alpha value is -2.58. The van der Waals surface area contributed by atoms with Crippen LogP contribution < -0.4 is 10.2 Å². The van der Waals surface area contributed by atoms with Gasteiger partial charge in [-0.1, -0.05) is 0 Å². The van der Waals surface area contributed by atoms with E-state index in [1.54, 1.807) is 0 Å². The van der Waals surface area contributed by atoms with E-state index in [2.05, 4.69) is 5.32 Å². The number of halogens is 3. The van der Waals surface area contributed by atoms with Crippen LogP contribution >= 0.6 is 0 Å². The van der Waals surface area contributed by atoms with E-state index >= 15 is 0 Å². The molecule has 2 N–H and O–H groups in total. The SMILES string of the molecule is O=C(NC1(C(=O)O)CC1)c1cc(N2CCCC2=O)cc(C(F)(F)F)c1. The predicted octanol–water partition coefficient (Wildman–Crippen LogP) is 2.18. The molecule has 0 aromatic heterocycles. The molecule has 0 spiro atoms. The average Bonchev–Trinajstić information content (AvgIpc) is 3.19. The Kier molecular flexibility index (Phi) is 3.97. The maximum atomic E-state index is 13.1. The number of carbonyl (C=O) groups excluding carboxylic acids is 2. The van der Waals surface area contributed by atoms with Gasteiger partial charge in [0.1, 0.15) is 5.54 Å². The molecule has 2 aliphatic rings. The number of carbonyl (C=O) groups is 3. The summed E-state index contributed by atoms with van der Waals surface area (Å²) in [7, 11) is 0. The third kappa shape index (κ3) is 3.31. The molecule has 1 aromatic carbocycles. The van der Waals surface area contributed by atoms with Crippen LogP contribution in [0.15, 0.2) is 18.2 Å². The van der Waals surface area contributed by atoms with Crippen LogP contribution in [0.3, 0.4) is 0 Å². The zero-order chi connectivity index (χ0) is 18.4. The molecule has 1 saturated heterocycles. The molecule has 9 heteroatoms. The molecule has 25 heavy (non-hydrogen) atoms. The molecular weight excluding hydrogens is 341 g/mol. The monoisotopic (exact) mass is 356 g/mol. The van der Waals surface area contributed by atoms with Crippen molar-refractivity contribution < 1.29 is 32.7 Å². The quantitative estimate of drug-likeness (QED) is 0.866. The van der Waals surface area contributed by atoms with Crippen molar-refractivity contribution in [2.45, 2.75) is 37.4 Å². The minimum Gasteiger partial charge on any atom is -0.480 e. The van der Waals surface area contributed by atoms with Gasteiger partial charge in [0.25, 0.3) is 5.91 Å². The highest BCUT2D eigenvalue weighted by molar-refractivity contribution is 6.01. The highest BCUT2D eigenvalue weighted by Crippen LogP contribution is 2.37. The molecule has 2 amide bonds. The van der Waals surface area contributed by atoms with Gasteiger partial charge < -0.3 is 15.3 Å². The Morgan fingerprint density at radius 2 is 1.88 bits per heavy atom. The molecule has 1 aliphatic carbocycles. The summed E-state index contributed by atoms with van der Waals surface area (Å²) in [5, 5.41) is 11.4. The molecule has 6 nitrogen and oxygen atoms in total. The van der Waals surface area contributed by atoms with Crippen molar-refractivity contribution in [1.29, 1.82) is 0 Å². The van der Waals surface area contributed by atoms with E-state index < -0.39 is 29.2 Å². The first-order valence-electron chi connectivity index (χ1n) is 7.71. The molecule has 1 saturated carbocycles. The van der Waals surface area contributed by atoms with Gasteiger partial charge in [-0.3, -0.25) is 9.59 Å². The molecule has 1 heterocycles. The Morgan fingerprint density at radius 3 is 2.36 bits per heavy atom. The zero-order valence-electron chi connectivity index (χ0n) is 13.0. The summed E-state index contributed by atoms with van der Waals surface area (Å²) in [5.74, 6) is -2.43. The topological polar surface area (TPSA) is 86.7 Å². The van der Waals surface area contributed by atoms with Crippen molar-refractivity contribution >= 4 is 23.5 Å². The van der Waals surface area contributed by atoms with Crippen LogP contribution in [0.5, 0.6) is 0 Å². The van der Waals surface area contributed by atoms with Gasteiger partial charge in [-0.05, 0) is 37.5 Å². The fourth-order valence-electron chi connectivity index (χ4n) is 2.79. The van der Waals surface area contributed by atoms with E-state index in [1.165, 1.54) is 11.0 Å². The summed E-state index contributed by atoms with van der Waals surface area (Å²) >= 11 is 0. The minimum absolute atomic E-state index is 0.0114. The van der Waals surface area contributed by atoms with Crippen molar-refractivity contribution in [2.24, 2.45) is 0 Å². The number of amides is 2. The smallest absolute Gasteiger partial charge is 0.416 e. The van der Waals surface area contributed by atoms with Crippen LogP contribution in [-0.4, -0.2) is 35.0 Å². The number of aliphatic carboxylic acids is 1. The Balaban J connectivity index is 1.96. The highest BCUT2D eigenvalue weighted by Gasteiger charge is 2.51. The molecule has 0 unspecified atom stereocenters. The zero-order valence-corrected chi connectivity index (χ0v) is 13.0. The Morgan fingerprint density at radius 1 is 1.20 bits per heavy atom. The standard InChI is InChI=1S/C16H15F3N2O4/c17-16(18,19)10-6-9(13(23)20-15(3-4-15)14(24)25)7-11(8-10)21-5-1-2-12(21)22/h6-8H,1-5H2,(H,20,23)(H,24,25). The third-order valence-electron chi connectivity index (χ3n) is 4.40. The number of nitrogens with zero attached hydrogens (tertiary/aromatic N) is 1. The van der Waals surface area contributed by atoms with Gasteiger partial charge in [-0.2, -0.15) is 13.2 Å². The fourth-order valence-corrected chi connectivity index (χ4v) is 2.79. The second-order valence-electron chi connectivity index (χ2n) is 6.26. The first-order chi connectivity index (χ1) is 11.6. The van der Waals surface area contributed by atoms with Gasteiger partial charge in [0.2, 0.25) is 5.91 Å². The molecule has 1 aromatic rings. The lowest BCUT2D eigenvalue weighted by Crippen LogP contribution is -2.43. The van der Waals surface area contributed by atoms with Crippen LogP contribution in [-0.2, 0) is 15.8 Å². The Labute approximate surface area is 140 Å². The van der Waals surface area contributed by atoms with Crippen molar-refractivity contribution in [2.75, 3.05) is 11.4 Å². The summed E-state index contributed by atoms with van der Waals surface area (Å²) in [4.78, 5) is 36.5. The van der Waals surface area contributed by atoms with Crippen LogP contribution in [0, 0.1) is 0 Å². The number of hydrogen-bond donors (Lipinski definition) is 2. The van der Waals surface area contributed by atoms with Crippen LogP contribution in [0.4, 0.5) is 18.9 Å². The number of anilines is 1. The van der Waals surface area contributed by atoms with Crippen molar-refractivity contribution in [3.63, 3.8) is 0 Å². The minimum atomic E-state index is -4.70. The van der Waals surface area contributed by atoms with E-state index in [0.29, 0.717) is 12.5 Å². The molecule has 0 atom stereocenters. The maximum absolute atomic E-state index is 13.1. The van der Waals surface area contributed by atoms with Crippen molar-refractivity contribution in [3.8, 4) is 0 Å². The first kappa shape index (κ1) is 17.2. The summed E-state index contributed by atoms with van der Waals surface area (Å²) in [6, 6.07) is 2.67. The molecule has 0 bridgehead atoms. The lowest BCUT2D eigenvalue weighted by atomic mass is 10.1. The van der Waals surface area contributed by atoms with Gasteiger partial charge >= 0.3 is 12.1 Å². The molecule has 134 valence electrons. The molecule has 2 fully saturated rings. The number of carboxylic acid groups (broad SMARTS) is 1. The van der Waals surface area contributed by atoms with E-state index in [-0.39, 0.29) is 43.0 Å². The summed E-state index contributed by atoms with van der Waals surface area (Å²) < 4.78 is 39.4. The van der Waals surface area contributed by atoms with Gasteiger partial charge in [0.15, 0.2) is 0 Å². The number of carboxylic acids is 1. The van der Waals surface area contributed by atoms with Gasteiger partial charge in [-0.15, -0.1) is 0 Å². The molecule has 3 rings (SSSR count). The lowest BCUT2D eigenvalue weighted by Gasteiger charge is -2.20. The van der Waals surface area contributed by atoms with Crippen molar-refractivity contribution in [3.05, 3.63) is 29.3 Å².